The van der Waals surface area contributed by atoms with E-state index in [4.69, 9.17) is 0 Å². The Labute approximate surface area is 372 Å². The molecule has 306 valence electrons. The molecule has 0 aromatic heterocycles. The van der Waals surface area contributed by atoms with Crippen molar-refractivity contribution in [2.75, 3.05) is 0 Å². The van der Waals surface area contributed by atoms with Crippen LogP contribution in [-0.2, 0) is 21.3 Å². The number of aryl methyl sites for hydroxylation is 2. The number of halogens is 2. The maximum absolute atomic E-state index is 3.19. The molecule has 3 heteroatoms. The summed E-state index contributed by atoms with van der Waals surface area (Å²) >= 11 is -3.19. The summed E-state index contributed by atoms with van der Waals surface area (Å²) in [6.45, 7) is 38.4. The largest absolute Gasteiger partial charge is 1.00 e. The third-order valence-electron chi connectivity index (χ3n) is 18.5. The molecule has 0 radical (unpaired) electrons. The molecule has 0 N–H and O–H groups in total. The zero-order valence-electron chi connectivity index (χ0n) is 38.0. The van der Waals surface area contributed by atoms with Gasteiger partial charge in [-0.2, -0.15) is 0 Å². The summed E-state index contributed by atoms with van der Waals surface area (Å²) in [5.41, 5.74) is 9.46. The van der Waals surface area contributed by atoms with Crippen LogP contribution in [0.3, 0.4) is 0 Å². The smallest absolute Gasteiger partial charge is 1.00 e. The van der Waals surface area contributed by atoms with Gasteiger partial charge in [0.15, 0.2) is 0 Å². The predicted molar refractivity (Wildman–Crippen MR) is 238 cm³/mol. The summed E-state index contributed by atoms with van der Waals surface area (Å²) in [5.74, 6) is 0.784. The van der Waals surface area contributed by atoms with Crippen LogP contribution in [0, 0.1) is 69.0 Å². The minimum absolute atomic E-state index is 0. The van der Waals surface area contributed by atoms with Crippen molar-refractivity contribution in [3.8, 4) is 0 Å². The first-order chi connectivity index (χ1) is 26.1. The molecule has 0 heterocycles. The fourth-order valence-corrected chi connectivity index (χ4v) is 27.0. The third kappa shape index (κ3) is 5.24. The van der Waals surface area contributed by atoms with Crippen molar-refractivity contribution in [3.63, 3.8) is 0 Å². The molecule has 2 aromatic carbocycles. The van der Waals surface area contributed by atoms with E-state index in [0.717, 1.165) is 0 Å². The van der Waals surface area contributed by atoms with Gasteiger partial charge < -0.3 is 24.8 Å². The fraction of sp³-hybridized carbons (Fsp3) is 0.473. The molecule has 0 spiro atoms. The fourth-order valence-electron chi connectivity index (χ4n) is 14.8. The van der Waals surface area contributed by atoms with Gasteiger partial charge in [-0.05, 0) is 0 Å². The van der Waals surface area contributed by atoms with Crippen molar-refractivity contribution < 1.29 is 46.1 Å². The molecule has 0 nitrogen and oxygen atoms in total. The Morgan fingerprint density at radius 1 is 0.603 bits per heavy atom. The molecule has 10 unspecified atom stereocenters. The molecular formula is C55H68Cl2Zr. The number of hydrogen-bond donors (Lipinski definition) is 0. The molecule has 10 atom stereocenters. The van der Waals surface area contributed by atoms with Gasteiger partial charge in [-0.1, -0.05) is 0 Å². The summed E-state index contributed by atoms with van der Waals surface area (Å²) in [6, 6.07) is 19.4. The Bertz CT molecular complexity index is 2250. The van der Waals surface area contributed by atoms with Gasteiger partial charge in [-0.25, -0.2) is 0 Å². The van der Waals surface area contributed by atoms with E-state index >= 15 is 0 Å². The van der Waals surface area contributed by atoms with Gasteiger partial charge in [0.2, 0.25) is 0 Å². The number of allylic oxidation sites excluding steroid dienone is 16. The van der Waals surface area contributed by atoms with Crippen molar-refractivity contribution in [2.24, 2.45) is 55.2 Å². The van der Waals surface area contributed by atoms with E-state index in [1.807, 2.05) is 3.28 Å². The minimum Gasteiger partial charge on any atom is -1.00 e. The summed E-state index contributed by atoms with van der Waals surface area (Å²) in [4.78, 5) is 0. The van der Waals surface area contributed by atoms with Crippen molar-refractivity contribution in [1.82, 2.24) is 0 Å². The van der Waals surface area contributed by atoms with Crippen LogP contribution in [-0.4, -0.2) is 3.21 Å². The van der Waals surface area contributed by atoms with Crippen LogP contribution in [0.1, 0.15) is 112 Å². The van der Waals surface area contributed by atoms with Gasteiger partial charge in [-0.15, -0.1) is 0 Å². The maximum atomic E-state index is 2.84. The maximum Gasteiger partial charge on any atom is -1.00 e. The predicted octanol–water partition coefficient (Wildman–Crippen LogP) is 8.64. The standard InChI is InChI=1S/C29H37.C15H14.C11H17.2ClH.Zr/c1-21-14-13-15-22-20-27(6)25(4)18-10-9-16-23(25,2)24(3)17-11-12-19-26(24,5)29(27,8)28(21,22)7;1-12-3-7-14(8-4-12)11-15-9-5-13(2)6-10-15;1-8-6-9(2)10(7-8)11(3,4)5;;;/h9-20,22H,1-8H3;3-10H,1-2H3;7-8H,1-5H3;2*1H;/q;;;;;+2/p-2. The van der Waals surface area contributed by atoms with E-state index in [2.05, 4.69) is 225 Å². The SMILES string of the molecule is CC1=CC=CC2[CH]([Zr+2]([C]3=C(C)C(C(C)(C)C)=CC3C)=[C](c3ccc(C)cc3)c3ccc(C)cc3)C3(C)C4(C)C=CC=CC4(C)C4(C)C=CC=CC4(C)C3(C)C12C.[Cl-].[Cl-]. The molecule has 8 rings (SSSR count). The third-order valence-corrected chi connectivity index (χ3v) is 28.6. The van der Waals surface area contributed by atoms with Crippen LogP contribution in [0.2, 0.25) is 3.63 Å². The molecule has 6 aliphatic carbocycles. The second kappa shape index (κ2) is 14.4. The summed E-state index contributed by atoms with van der Waals surface area (Å²) in [7, 11) is 0. The van der Waals surface area contributed by atoms with Crippen LogP contribution in [0.4, 0.5) is 0 Å². The van der Waals surface area contributed by atoms with E-state index < -0.39 is 21.3 Å². The molecule has 0 bridgehead atoms. The first-order valence-corrected chi connectivity index (χ1v) is 25.4. The van der Waals surface area contributed by atoms with Crippen molar-refractivity contribution in [3.05, 3.63) is 164 Å². The van der Waals surface area contributed by atoms with Gasteiger partial charge in [-0.3, -0.25) is 0 Å². The number of fused-ring (bicyclic) bond motifs is 8. The summed E-state index contributed by atoms with van der Waals surface area (Å²) in [5, 5.41) is 0. The van der Waals surface area contributed by atoms with E-state index in [-0.39, 0.29) is 68.1 Å². The Kier molecular flexibility index (Phi) is 11.2. The van der Waals surface area contributed by atoms with Crippen LogP contribution in [0.15, 0.2) is 141 Å². The normalized spacial score (nSPS) is 39.0. The monoisotopic (exact) mass is 888 g/mol. The molecule has 0 aliphatic heterocycles. The van der Waals surface area contributed by atoms with Gasteiger partial charge >= 0.3 is 351 Å². The summed E-state index contributed by atoms with van der Waals surface area (Å²) in [6.07, 6.45) is 30.7. The van der Waals surface area contributed by atoms with Gasteiger partial charge in [0, 0.05) is 0 Å². The molecule has 0 saturated heterocycles. The van der Waals surface area contributed by atoms with E-state index in [0.29, 0.717) is 15.5 Å². The minimum atomic E-state index is -3.19. The molecule has 0 amide bonds. The first kappa shape index (κ1) is 45.2. The van der Waals surface area contributed by atoms with Crippen LogP contribution < -0.4 is 24.8 Å². The van der Waals surface area contributed by atoms with Crippen molar-refractivity contribution >= 4 is 3.21 Å². The van der Waals surface area contributed by atoms with E-state index in [9.17, 15) is 0 Å². The zero-order chi connectivity index (χ0) is 40.6. The number of rotatable bonds is 4. The number of benzene rings is 2. The Hall–Kier alpha value is -2.31. The second-order valence-corrected chi connectivity index (χ2v) is 27.3. The molecule has 58 heavy (non-hydrogen) atoms. The van der Waals surface area contributed by atoms with Crippen molar-refractivity contribution in [2.45, 2.75) is 107 Å². The Morgan fingerprint density at radius 3 is 1.52 bits per heavy atom. The molecule has 2 aromatic rings. The van der Waals surface area contributed by atoms with Gasteiger partial charge in [0.1, 0.15) is 0 Å². The van der Waals surface area contributed by atoms with Crippen molar-refractivity contribution in [1.29, 1.82) is 0 Å². The van der Waals surface area contributed by atoms with E-state index in [1.54, 1.807) is 19.9 Å². The van der Waals surface area contributed by atoms with Gasteiger partial charge in [0.05, 0.1) is 0 Å². The van der Waals surface area contributed by atoms with Crippen LogP contribution in [0.5, 0.6) is 0 Å². The van der Waals surface area contributed by atoms with Crippen LogP contribution >= 0.6 is 0 Å². The average Bonchev–Trinajstić information content (AvgIpc) is 3.54. The zero-order valence-corrected chi connectivity index (χ0v) is 42.0. The molecule has 2 saturated carbocycles. The van der Waals surface area contributed by atoms with Crippen LogP contribution in [0.25, 0.3) is 0 Å². The Balaban J connectivity index is 0.00000283. The van der Waals surface area contributed by atoms with Gasteiger partial charge in [0.25, 0.3) is 0 Å². The molecule has 2 fully saturated rings. The molecular weight excluding hydrogens is 823 g/mol. The topological polar surface area (TPSA) is 0 Å². The van der Waals surface area contributed by atoms with E-state index in [1.165, 1.54) is 22.3 Å². The average molecular weight is 891 g/mol. The second-order valence-electron chi connectivity index (χ2n) is 21.2. The Morgan fingerprint density at radius 2 is 1.05 bits per heavy atom. The number of hydrogen-bond acceptors (Lipinski definition) is 0. The first-order valence-electron chi connectivity index (χ1n) is 21.5. The summed E-state index contributed by atoms with van der Waals surface area (Å²) < 4.78 is 3.97. The molecule has 6 aliphatic rings. The quantitative estimate of drug-likeness (QED) is 0.289.